The Bertz CT molecular complexity index is 792. The highest BCUT2D eigenvalue weighted by atomic mass is 16.3. The number of aryl methyl sites for hydroxylation is 1. The van der Waals surface area contributed by atoms with Gasteiger partial charge in [-0.1, -0.05) is 42.0 Å². The Morgan fingerprint density at radius 3 is 1.96 bits per heavy atom. The van der Waals surface area contributed by atoms with Crippen LogP contribution in [0.2, 0.25) is 0 Å². The lowest BCUT2D eigenvalue weighted by molar-refractivity contribution is -0.0389. The van der Waals surface area contributed by atoms with Gasteiger partial charge in [0.15, 0.2) is 0 Å². The molecule has 2 aromatic rings. The highest BCUT2D eigenvalue weighted by Crippen LogP contribution is 2.32. The SMILES string of the molecule is Cc1ccc(C(=O)N(N)C2(O)C(=O)c3ccccc3C2=O)cc1. The van der Waals surface area contributed by atoms with Crippen molar-refractivity contribution in [3.8, 4) is 0 Å². The van der Waals surface area contributed by atoms with E-state index in [0.29, 0.717) is 5.01 Å². The summed E-state index contributed by atoms with van der Waals surface area (Å²) in [4.78, 5) is 37.3. The van der Waals surface area contributed by atoms with Crippen LogP contribution >= 0.6 is 0 Å². The lowest BCUT2D eigenvalue weighted by atomic mass is 10.1. The molecule has 0 heterocycles. The first-order valence-electron chi connectivity index (χ1n) is 6.94. The van der Waals surface area contributed by atoms with Crippen LogP contribution in [0.5, 0.6) is 0 Å². The van der Waals surface area contributed by atoms with E-state index >= 15 is 0 Å². The van der Waals surface area contributed by atoms with Crippen molar-refractivity contribution in [2.24, 2.45) is 5.84 Å². The minimum Gasteiger partial charge on any atom is -0.357 e. The van der Waals surface area contributed by atoms with Crippen molar-refractivity contribution in [1.29, 1.82) is 0 Å². The average molecular weight is 310 g/mol. The Balaban J connectivity index is 2.01. The third-order valence-electron chi connectivity index (χ3n) is 3.92. The Labute approximate surface area is 132 Å². The molecule has 0 fully saturated rings. The predicted molar refractivity (Wildman–Crippen MR) is 81.6 cm³/mol. The molecule has 0 saturated carbocycles. The molecular weight excluding hydrogens is 296 g/mol. The second-order valence-electron chi connectivity index (χ2n) is 5.42. The van der Waals surface area contributed by atoms with Crippen molar-refractivity contribution in [3.63, 3.8) is 0 Å². The molecule has 6 heteroatoms. The van der Waals surface area contributed by atoms with Crippen LogP contribution in [0.25, 0.3) is 0 Å². The minimum atomic E-state index is -2.72. The largest absolute Gasteiger partial charge is 0.357 e. The average Bonchev–Trinajstić information content (AvgIpc) is 2.77. The summed E-state index contributed by atoms with van der Waals surface area (Å²) in [6, 6.07) is 12.4. The summed E-state index contributed by atoms with van der Waals surface area (Å²) in [5.41, 5.74) is -1.52. The molecule has 0 aliphatic heterocycles. The van der Waals surface area contributed by atoms with Gasteiger partial charge in [-0.25, -0.2) is 10.9 Å². The zero-order valence-electron chi connectivity index (χ0n) is 12.3. The van der Waals surface area contributed by atoms with E-state index in [-0.39, 0.29) is 16.7 Å². The standard InChI is InChI=1S/C17H14N2O4/c1-10-6-8-11(9-7-10)16(22)19(18)17(23)14(20)12-4-2-3-5-13(12)15(17)21/h2-9,23H,18H2,1H3. The fourth-order valence-electron chi connectivity index (χ4n) is 2.56. The summed E-state index contributed by atoms with van der Waals surface area (Å²) in [6.07, 6.45) is 0. The fourth-order valence-corrected chi connectivity index (χ4v) is 2.56. The normalized spacial score (nSPS) is 15.4. The Morgan fingerprint density at radius 1 is 1.00 bits per heavy atom. The number of Topliss-reactive ketones (excluding diaryl/α,β-unsaturated/α-hetero) is 2. The van der Waals surface area contributed by atoms with Crippen molar-refractivity contribution >= 4 is 17.5 Å². The molecule has 0 spiro atoms. The maximum absolute atomic E-state index is 12.4. The Kier molecular flexibility index (Phi) is 3.35. The first-order chi connectivity index (χ1) is 10.9. The first kappa shape index (κ1) is 15.1. The lowest BCUT2D eigenvalue weighted by Gasteiger charge is -2.29. The number of carbonyl (C=O) groups excluding carboxylic acids is 3. The van der Waals surface area contributed by atoms with Gasteiger partial charge >= 0.3 is 0 Å². The second-order valence-corrected chi connectivity index (χ2v) is 5.42. The number of ketones is 2. The van der Waals surface area contributed by atoms with E-state index in [1.807, 2.05) is 6.92 Å². The van der Waals surface area contributed by atoms with E-state index < -0.39 is 23.2 Å². The number of hydrazine groups is 1. The van der Waals surface area contributed by atoms with E-state index in [2.05, 4.69) is 0 Å². The highest BCUT2D eigenvalue weighted by molar-refractivity contribution is 6.32. The lowest BCUT2D eigenvalue weighted by Crippen LogP contribution is -2.62. The maximum Gasteiger partial charge on any atom is 0.284 e. The number of aliphatic hydroxyl groups is 1. The van der Waals surface area contributed by atoms with Crippen molar-refractivity contribution < 1.29 is 19.5 Å². The van der Waals surface area contributed by atoms with Gasteiger partial charge in [0, 0.05) is 16.7 Å². The molecular formula is C17H14N2O4. The second kappa shape index (κ2) is 5.12. The summed E-state index contributed by atoms with van der Waals surface area (Å²) in [5.74, 6) is 3.06. The van der Waals surface area contributed by atoms with Gasteiger partial charge in [0.2, 0.25) is 11.6 Å². The van der Waals surface area contributed by atoms with E-state index in [1.54, 1.807) is 24.3 Å². The van der Waals surface area contributed by atoms with E-state index in [4.69, 9.17) is 5.84 Å². The summed E-state index contributed by atoms with van der Waals surface area (Å²) in [5, 5.41) is 10.9. The quantitative estimate of drug-likeness (QED) is 0.284. The van der Waals surface area contributed by atoms with Gasteiger partial charge in [0.1, 0.15) is 0 Å². The van der Waals surface area contributed by atoms with Gasteiger partial charge in [0.25, 0.3) is 11.6 Å². The van der Waals surface area contributed by atoms with E-state index in [9.17, 15) is 19.5 Å². The third-order valence-corrected chi connectivity index (χ3v) is 3.92. The molecule has 116 valence electrons. The molecule has 23 heavy (non-hydrogen) atoms. The van der Waals surface area contributed by atoms with Crippen LogP contribution in [0.4, 0.5) is 0 Å². The van der Waals surface area contributed by atoms with Crippen LogP contribution in [0, 0.1) is 6.92 Å². The molecule has 0 bridgehead atoms. The predicted octanol–water partition coefficient (Wildman–Crippen LogP) is 1.08. The zero-order valence-corrected chi connectivity index (χ0v) is 12.3. The molecule has 0 atom stereocenters. The van der Waals surface area contributed by atoms with Crippen molar-refractivity contribution in [3.05, 3.63) is 70.8 Å². The zero-order chi connectivity index (χ0) is 16.8. The molecule has 1 amide bonds. The van der Waals surface area contributed by atoms with E-state index in [1.165, 1.54) is 24.3 Å². The monoisotopic (exact) mass is 310 g/mol. The minimum absolute atomic E-state index is 0.0483. The van der Waals surface area contributed by atoms with Crippen molar-refractivity contribution in [1.82, 2.24) is 5.01 Å². The van der Waals surface area contributed by atoms with Crippen LogP contribution < -0.4 is 5.84 Å². The number of benzene rings is 2. The van der Waals surface area contributed by atoms with Crippen LogP contribution in [0.15, 0.2) is 48.5 Å². The van der Waals surface area contributed by atoms with Crippen LogP contribution in [-0.4, -0.2) is 33.3 Å². The van der Waals surface area contributed by atoms with Gasteiger partial charge in [-0.3, -0.25) is 14.4 Å². The van der Waals surface area contributed by atoms with Crippen LogP contribution in [0.1, 0.15) is 36.6 Å². The highest BCUT2D eigenvalue weighted by Gasteiger charge is 2.57. The molecule has 0 radical (unpaired) electrons. The van der Waals surface area contributed by atoms with Crippen molar-refractivity contribution in [2.45, 2.75) is 12.6 Å². The number of nitrogens with two attached hydrogens (primary N) is 1. The maximum atomic E-state index is 12.4. The Morgan fingerprint density at radius 2 is 1.48 bits per heavy atom. The van der Waals surface area contributed by atoms with Gasteiger partial charge in [-0.05, 0) is 19.1 Å². The topological polar surface area (TPSA) is 101 Å². The summed E-state index contributed by atoms with van der Waals surface area (Å²) in [7, 11) is 0. The number of hydrogen-bond donors (Lipinski definition) is 2. The summed E-state index contributed by atoms with van der Waals surface area (Å²) >= 11 is 0. The number of fused-ring (bicyclic) bond motifs is 1. The van der Waals surface area contributed by atoms with Gasteiger partial charge in [-0.2, -0.15) is 0 Å². The van der Waals surface area contributed by atoms with Crippen LogP contribution in [-0.2, 0) is 0 Å². The molecule has 3 N–H and O–H groups in total. The van der Waals surface area contributed by atoms with Crippen molar-refractivity contribution in [2.75, 3.05) is 0 Å². The van der Waals surface area contributed by atoms with E-state index in [0.717, 1.165) is 5.56 Å². The molecule has 2 aromatic carbocycles. The smallest absolute Gasteiger partial charge is 0.284 e. The van der Waals surface area contributed by atoms with Gasteiger partial charge in [-0.15, -0.1) is 0 Å². The number of amides is 1. The number of rotatable bonds is 2. The number of carbonyl (C=O) groups is 3. The van der Waals surface area contributed by atoms with Gasteiger partial charge < -0.3 is 5.11 Å². The molecule has 3 rings (SSSR count). The molecule has 1 aliphatic carbocycles. The first-order valence-corrected chi connectivity index (χ1v) is 6.94. The molecule has 0 aromatic heterocycles. The number of nitrogens with zero attached hydrogens (tertiary/aromatic N) is 1. The molecule has 1 aliphatic rings. The molecule has 0 unspecified atom stereocenters. The van der Waals surface area contributed by atoms with Crippen LogP contribution in [0.3, 0.4) is 0 Å². The molecule has 0 saturated heterocycles. The fraction of sp³-hybridized carbons (Fsp3) is 0.118. The summed E-state index contributed by atoms with van der Waals surface area (Å²) in [6.45, 7) is 1.85. The third kappa shape index (κ3) is 2.08. The summed E-state index contributed by atoms with van der Waals surface area (Å²) < 4.78 is 0. The number of hydrogen-bond acceptors (Lipinski definition) is 5. The molecule has 6 nitrogen and oxygen atoms in total. The Hall–Kier alpha value is -2.83. The van der Waals surface area contributed by atoms with Gasteiger partial charge in [0.05, 0.1) is 0 Å².